The highest BCUT2D eigenvalue weighted by Crippen LogP contribution is 2.29. The highest BCUT2D eigenvalue weighted by molar-refractivity contribution is 6.07. The predicted octanol–water partition coefficient (Wildman–Crippen LogP) is 3.51. The SMILES string of the molecule is NC(=O)c1ccc(CNc2cccc(C(=O)N3CCc4ccccc43)c2)c([N+](=O)[O-])c1. The number of nitrogens with one attached hydrogen (secondary N) is 1. The summed E-state index contributed by atoms with van der Waals surface area (Å²) >= 11 is 0. The van der Waals surface area contributed by atoms with Crippen molar-refractivity contribution in [2.75, 3.05) is 16.8 Å². The Bertz CT molecular complexity index is 1190. The quantitative estimate of drug-likeness (QED) is 0.471. The molecule has 2 amide bonds. The topological polar surface area (TPSA) is 119 Å². The number of nitrogens with zero attached hydrogens (tertiary/aromatic N) is 2. The van der Waals surface area contributed by atoms with Gasteiger partial charge >= 0.3 is 0 Å². The van der Waals surface area contributed by atoms with Gasteiger partial charge in [0.2, 0.25) is 5.91 Å². The Morgan fingerprint density at radius 2 is 1.84 bits per heavy atom. The monoisotopic (exact) mass is 416 g/mol. The molecule has 8 heteroatoms. The Balaban J connectivity index is 1.52. The fourth-order valence-corrected chi connectivity index (χ4v) is 3.70. The van der Waals surface area contributed by atoms with Gasteiger partial charge in [-0.05, 0) is 48.4 Å². The van der Waals surface area contributed by atoms with E-state index < -0.39 is 10.8 Å². The fraction of sp³-hybridized carbons (Fsp3) is 0.130. The summed E-state index contributed by atoms with van der Waals surface area (Å²) in [5.41, 5.74) is 8.77. The van der Waals surface area contributed by atoms with Crippen molar-refractivity contribution >= 4 is 28.9 Å². The van der Waals surface area contributed by atoms with Crippen LogP contribution in [0.25, 0.3) is 0 Å². The normalized spacial score (nSPS) is 12.3. The van der Waals surface area contributed by atoms with Crippen molar-refractivity contribution < 1.29 is 14.5 Å². The van der Waals surface area contributed by atoms with Gasteiger partial charge < -0.3 is 16.0 Å². The molecule has 3 aromatic rings. The van der Waals surface area contributed by atoms with Crippen LogP contribution in [-0.4, -0.2) is 23.3 Å². The number of carbonyl (C=O) groups excluding carboxylic acids is 2. The fourth-order valence-electron chi connectivity index (χ4n) is 3.70. The van der Waals surface area contributed by atoms with E-state index in [0.717, 1.165) is 17.7 Å². The Morgan fingerprint density at radius 1 is 1.03 bits per heavy atom. The number of para-hydroxylation sites is 1. The number of fused-ring (bicyclic) bond motifs is 1. The first-order valence-electron chi connectivity index (χ1n) is 9.75. The number of rotatable bonds is 6. The Hall–Kier alpha value is -4.20. The van der Waals surface area contributed by atoms with Crippen molar-refractivity contribution in [2.45, 2.75) is 13.0 Å². The van der Waals surface area contributed by atoms with Crippen molar-refractivity contribution in [3.63, 3.8) is 0 Å². The van der Waals surface area contributed by atoms with Crippen LogP contribution in [0.1, 0.15) is 31.8 Å². The molecule has 0 atom stereocenters. The first kappa shape index (κ1) is 20.1. The molecule has 0 radical (unpaired) electrons. The highest BCUT2D eigenvalue weighted by atomic mass is 16.6. The number of nitro groups is 1. The van der Waals surface area contributed by atoms with Gasteiger partial charge in [0.25, 0.3) is 11.6 Å². The van der Waals surface area contributed by atoms with Crippen molar-refractivity contribution in [1.29, 1.82) is 0 Å². The molecule has 31 heavy (non-hydrogen) atoms. The number of anilines is 2. The second-order valence-corrected chi connectivity index (χ2v) is 7.23. The number of primary amides is 1. The van der Waals surface area contributed by atoms with Crippen LogP contribution in [0, 0.1) is 10.1 Å². The van der Waals surface area contributed by atoms with Crippen LogP contribution in [0.5, 0.6) is 0 Å². The van der Waals surface area contributed by atoms with E-state index in [0.29, 0.717) is 23.4 Å². The maximum absolute atomic E-state index is 13.0. The molecule has 4 rings (SSSR count). The lowest BCUT2D eigenvalue weighted by Gasteiger charge is -2.18. The summed E-state index contributed by atoms with van der Waals surface area (Å²) in [6, 6.07) is 19.0. The smallest absolute Gasteiger partial charge is 0.275 e. The van der Waals surface area contributed by atoms with Gasteiger partial charge in [-0.1, -0.05) is 24.3 Å². The zero-order chi connectivity index (χ0) is 22.0. The molecule has 3 aromatic carbocycles. The lowest BCUT2D eigenvalue weighted by Crippen LogP contribution is -2.28. The van der Waals surface area contributed by atoms with Crippen LogP contribution in [0.15, 0.2) is 66.7 Å². The van der Waals surface area contributed by atoms with Gasteiger partial charge in [-0.3, -0.25) is 19.7 Å². The minimum absolute atomic E-state index is 0.0777. The van der Waals surface area contributed by atoms with Gasteiger partial charge in [-0.25, -0.2) is 0 Å². The molecule has 8 nitrogen and oxygen atoms in total. The molecule has 0 unspecified atom stereocenters. The molecule has 0 aliphatic carbocycles. The average Bonchev–Trinajstić information content (AvgIpc) is 3.21. The van der Waals surface area contributed by atoms with E-state index >= 15 is 0 Å². The Morgan fingerprint density at radius 3 is 2.61 bits per heavy atom. The molecule has 0 spiro atoms. The number of carbonyl (C=O) groups is 2. The van der Waals surface area contributed by atoms with Crippen LogP contribution in [-0.2, 0) is 13.0 Å². The van der Waals surface area contributed by atoms with Gasteiger partial charge in [-0.2, -0.15) is 0 Å². The lowest BCUT2D eigenvalue weighted by molar-refractivity contribution is -0.385. The number of amides is 2. The third-order valence-electron chi connectivity index (χ3n) is 5.29. The van der Waals surface area contributed by atoms with E-state index in [1.807, 2.05) is 24.3 Å². The Labute approximate surface area is 178 Å². The second kappa shape index (κ2) is 8.27. The third-order valence-corrected chi connectivity index (χ3v) is 5.29. The van der Waals surface area contributed by atoms with Crippen molar-refractivity contribution in [1.82, 2.24) is 0 Å². The summed E-state index contributed by atoms with van der Waals surface area (Å²) in [5.74, 6) is -0.817. The number of nitro benzene ring substituents is 1. The van der Waals surface area contributed by atoms with Crippen LogP contribution in [0.2, 0.25) is 0 Å². The number of benzene rings is 3. The largest absolute Gasteiger partial charge is 0.381 e. The van der Waals surface area contributed by atoms with Crippen LogP contribution >= 0.6 is 0 Å². The standard InChI is InChI=1S/C23H20N4O4/c24-22(28)16-8-9-18(21(13-16)27(30)31)14-25-19-6-3-5-17(12-19)23(29)26-11-10-15-4-1-2-7-20(15)26/h1-9,12-13,25H,10-11,14H2,(H2,24,28). The predicted molar refractivity (Wildman–Crippen MR) is 117 cm³/mol. The maximum Gasteiger partial charge on any atom is 0.275 e. The molecule has 0 fully saturated rings. The van der Waals surface area contributed by atoms with Crippen molar-refractivity contribution in [2.24, 2.45) is 5.73 Å². The van der Waals surface area contributed by atoms with E-state index in [1.165, 1.54) is 18.2 Å². The highest BCUT2D eigenvalue weighted by Gasteiger charge is 2.25. The molecule has 0 aromatic heterocycles. The van der Waals surface area contributed by atoms with Gasteiger partial charge in [0.15, 0.2) is 0 Å². The van der Waals surface area contributed by atoms with Crippen LogP contribution in [0.4, 0.5) is 17.1 Å². The molecule has 0 bridgehead atoms. The third kappa shape index (κ3) is 4.09. The van der Waals surface area contributed by atoms with Gasteiger partial charge in [-0.15, -0.1) is 0 Å². The van der Waals surface area contributed by atoms with E-state index in [9.17, 15) is 19.7 Å². The van der Waals surface area contributed by atoms with E-state index in [1.54, 1.807) is 29.2 Å². The minimum Gasteiger partial charge on any atom is -0.381 e. The average molecular weight is 416 g/mol. The molecule has 0 saturated carbocycles. The van der Waals surface area contributed by atoms with E-state index in [4.69, 9.17) is 5.73 Å². The summed E-state index contributed by atoms with van der Waals surface area (Å²) in [6.07, 6.45) is 0.824. The van der Waals surface area contributed by atoms with Crippen LogP contribution < -0.4 is 16.0 Å². The molecule has 1 aliphatic rings. The van der Waals surface area contributed by atoms with Crippen LogP contribution in [0.3, 0.4) is 0 Å². The van der Waals surface area contributed by atoms with Gasteiger partial charge in [0, 0.05) is 47.2 Å². The zero-order valence-corrected chi connectivity index (χ0v) is 16.6. The molecule has 1 heterocycles. The summed E-state index contributed by atoms with van der Waals surface area (Å²) in [7, 11) is 0. The molecular formula is C23H20N4O4. The van der Waals surface area contributed by atoms with Crippen molar-refractivity contribution in [3.05, 3.63) is 99.1 Å². The molecule has 1 aliphatic heterocycles. The molecule has 156 valence electrons. The molecule has 3 N–H and O–H groups in total. The Kier molecular flexibility index (Phi) is 5.36. The molecular weight excluding hydrogens is 396 g/mol. The molecule has 0 saturated heterocycles. The zero-order valence-electron chi connectivity index (χ0n) is 16.6. The maximum atomic E-state index is 13.0. The van der Waals surface area contributed by atoms with Crippen molar-refractivity contribution in [3.8, 4) is 0 Å². The minimum atomic E-state index is -0.725. The number of nitrogens with two attached hydrogens (primary N) is 1. The van der Waals surface area contributed by atoms with Gasteiger partial charge in [0.1, 0.15) is 0 Å². The summed E-state index contributed by atoms with van der Waals surface area (Å²) < 4.78 is 0. The summed E-state index contributed by atoms with van der Waals surface area (Å²) in [4.78, 5) is 36.9. The summed E-state index contributed by atoms with van der Waals surface area (Å²) in [6.45, 7) is 0.786. The first-order valence-corrected chi connectivity index (χ1v) is 9.75. The van der Waals surface area contributed by atoms with E-state index in [-0.39, 0.29) is 23.7 Å². The summed E-state index contributed by atoms with van der Waals surface area (Å²) in [5, 5.41) is 14.5. The number of hydrogen-bond acceptors (Lipinski definition) is 5. The van der Waals surface area contributed by atoms with Gasteiger partial charge in [0.05, 0.1) is 4.92 Å². The number of hydrogen-bond donors (Lipinski definition) is 2. The first-order chi connectivity index (χ1) is 14.9. The van der Waals surface area contributed by atoms with E-state index in [2.05, 4.69) is 5.32 Å². The second-order valence-electron chi connectivity index (χ2n) is 7.23. The lowest BCUT2D eigenvalue weighted by atomic mass is 10.1.